The number of benzene rings is 1. The summed E-state index contributed by atoms with van der Waals surface area (Å²) in [6.07, 6.45) is 1.46. The van der Waals surface area contributed by atoms with Crippen molar-refractivity contribution < 1.29 is 12.6 Å². The van der Waals surface area contributed by atoms with Crippen molar-refractivity contribution >= 4 is 26.0 Å². The predicted molar refractivity (Wildman–Crippen MR) is 70.9 cm³/mol. The molecule has 0 saturated carbocycles. The van der Waals surface area contributed by atoms with Crippen LogP contribution in [-0.4, -0.2) is 13.4 Å². The third-order valence-corrected chi connectivity index (χ3v) is 4.05. The molecule has 1 aromatic heterocycles. The Morgan fingerprint density at radius 3 is 2.44 bits per heavy atom. The van der Waals surface area contributed by atoms with Crippen molar-refractivity contribution in [2.45, 2.75) is 11.8 Å². The van der Waals surface area contributed by atoms with Crippen LogP contribution < -0.4 is 4.18 Å². The van der Waals surface area contributed by atoms with Crippen molar-refractivity contribution in [3.63, 3.8) is 0 Å². The number of aromatic nitrogens is 1. The van der Waals surface area contributed by atoms with Gasteiger partial charge in [-0.1, -0.05) is 17.7 Å². The average molecular weight is 328 g/mol. The lowest BCUT2D eigenvalue weighted by atomic mass is 10.2. The molecule has 0 bridgehead atoms. The van der Waals surface area contributed by atoms with Crippen LogP contribution in [0.1, 0.15) is 5.56 Å². The number of halogens is 1. The quantitative estimate of drug-likeness (QED) is 0.813. The van der Waals surface area contributed by atoms with Crippen molar-refractivity contribution in [3.8, 4) is 5.88 Å². The van der Waals surface area contributed by atoms with Crippen molar-refractivity contribution in [1.82, 2.24) is 4.98 Å². The van der Waals surface area contributed by atoms with Gasteiger partial charge in [0.05, 0.1) is 4.47 Å². The van der Waals surface area contributed by atoms with Crippen molar-refractivity contribution in [2.24, 2.45) is 0 Å². The Morgan fingerprint density at radius 1 is 1.17 bits per heavy atom. The molecule has 0 atom stereocenters. The second kappa shape index (κ2) is 5.07. The molecule has 0 spiro atoms. The van der Waals surface area contributed by atoms with E-state index in [1.165, 1.54) is 18.3 Å². The van der Waals surface area contributed by atoms with E-state index in [0.29, 0.717) is 4.47 Å². The van der Waals surface area contributed by atoms with E-state index in [9.17, 15) is 8.42 Å². The van der Waals surface area contributed by atoms with Gasteiger partial charge in [-0.2, -0.15) is 8.42 Å². The number of pyridine rings is 1. The highest BCUT2D eigenvalue weighted by Crippen LogP contribution is 2.24. The highest BCUT2D eigenvalue weighted by molar-refractivity contribution is 9.10. The van der Waals surface area contributed by atoms with Crippen LogP contribution in [-0.2, 0) is 10.1 Å². The Balaban J connectivity index is 2.33. The summed E-state index contributed by atoms with van der Waals surface area (Å²) < 4.78 is 29.4. The summed E-state index contributed by atoms with van der Waals surface area (Å²) in [5.74, 6) is 0.0260. The summed E-state index contributed by atoms with van der Waals surface area (Å²) in [5.41, 5.74) is 0.980. The van der Waals surface area contributed by atoms with Crippen LogP contribution in [0.3, 0.4) is 0 Å². The fraction of sp³-hybridized carbons (Fsp3) is 0.0833. The third kappa shape index (κ3) is 2.88. The van der Waals surface area contributed by atoms with Crippen LogP contribution in [0, 0.1) is 6.92 Å². The molecule has 94 valence electrons. The van der Waals surface area contributed by atoms with Gasteiger partial charge in [-0.3, -0.25) is 0 Å². The third-order valence-electron chi connectivity index (χ3n) is 2.22. The predicted octanol–water partition coefficient (Wildman–Crippen LogP) is 2.92. The molecule has 2 aromatic rings. The largest absolute Gasteiger partial charge is 0.357 e. The molecule has 0 unspecified atom stereocenters. The van der Waals surface area contributed by atoms with Crippen LogP contribution >= 0.6 is 15.9 Å². The summed E-state index contributed by atoms with van der Waals surface area (Å²) in [4.78, 5) is 3.96. The van der Waals surface area contributed by atoms with Crippen molar-refractivity contribution in [2.75, 3.05) is 0 Å². The Kier molecular flexibility index (Phi) is 3.68. The lowest BCUT2D eigenvalue weighted by Crippen LogP contribution is -2.10. The van der Waals surface area contributed by atoms with E-state index in [0.717, 1.165) is 5.56 Å². The molecular formula is C12H10BrNO3S. The van der Waals surface area contributed by atoms with E-state index in [-0.39, 0.29) is 10.8 Å². The van der Waals surface area contributed by atoms with Gasteiger partial charge in [0, 0.05) is 6.20 Å². The Morgan fingerprint density at radius 2 is 1.83 bits per heavy atom. The molecule has 0 aliphatic carbocycles. The minimum atomic E-state index is -3.85. The fourth-order valence-corrected chi connectivity index (χ4v) is 2.64. The molecule has 0 amide bonds. The van der Waals surface area contributed by atoms with E-state index in [4.69, 9.17) is 4.18 Å². The molecule has 0 radical (unpaired) electrons. The van der Waals surface area contributed by atoms with Gasteiger partial charge in [-0.15, -0.1) is 0 Å². The molecule has 1 heterocycles. The molecule has 2 rings (SSSR count). The number of nitrogens with zero attached hydrogens (tertiary/aromatic N) is 1. The van der Waals surface area contributed by atoms with E-state index in [1.807, 2.05) is 6.92 Å². The highest BCUT2D eigenvalue weighted by Gasteiger charge is 2.18. The maximum atomic E-state index is 12.0. The zero-order valence-electron chi connectivity index (χ0n) is 9.50. The van der Waals surface area contributed by atoms with E-state index in [2.05, 4.69) is 20.9 Å². The Bertz CT molecular complexity index is 653. The molecule has 0 fully saturated rings. The molecule has 0 aliphatic rings. The first-order valence-electron chi connectivity index (χ1n) is 5.11. The van der Waals surface area contributed by atoms with E-state index >= 15 is 0 Å². The number of hydrogen-bond donors (Lipinski definition) is 0. The monoisotopic (exact) mass is 327 g/mol. The molecule has 0 aliphatic heterocycles. The molecule has 0 saturated heterocycles. The van der Waals surface area contributed by atoms with Gasteiger partial charge in [0.25, 0.3) is 0 Å². The van der Waals surface area contributed by atoms with Gasteiger partial charge in [-0.05, 0) is 47.1 Å². The average Bonchev–Trinajstić information content (AvgIpc) is 2.32. The zero-order valence-corrected chi connectivity index (χ0v) is 11.9. The molecule has 1 aromatic carbocycles. The molecule has 0 N–H and O–H groups in total. The lowest BCUT2D eigenvalue weighted by molar-refractivity contribution is 0.474. The van der Waals surface area contributed by atoms with Crippen LogP contribution in [0.25, 0.3) is 0 Å². The topological polar surface area (TPSA) is 56.3 Å². The first kappa shape index (κ1) is 13.0. The maximum absolute atomic E-state index is 12.0. The summed E-state index contributed by atoms with van der Waals surface area (Å²) in [6, 6.07) is 9.76. The van der Waals surface area contributed by atoms with Gasteiger partial charge in [0.2, 0.25) is 5.88 Å². The van der Waals surface area contributed by atoms with Crippen LogP contribution in [0.15, 0.2) is 52.0 Å². The van der Waals surface area contributed by atoms with E-state index in [1.54, 1.807) is 24.3 Å². The summed E-state index contributed by atoms with van der Waals surface area (Å²) in [5, 5.41) is 0. The molecule has 6 heteroatoms. The van der Waals surface area contributed by atoms with Crippen LogP contribution in [0.5, 0.6) is 5.88 Å². The molecule has 18 heavy (non-hydrogen) atoms. The minimum absolute atomic E-state index is 0.0260. The first-order chi connectivity index (χ1) is 8.49. The Hall–Kier alpha value is -1.40. The highest BCUT2D eigenvalue weighted by atomic mass is 79.9. The van der Waals surface area contributed by atoms with Gasteiger partial charge in [0.1, 0.15) is 4.90 Å². The zero-order chi connectivity index (χ0) is 13.2. The minimum Gasteiger partial charge on any atom is -0.357 e. The van der Waals surface area contributed by atoms with Gasteiger partial charge < -0.3 is 4.18 Å². The van der Waals surface area contributed by atoms with Crippen molar-refractivity contribution in [1.29, 1.82) is 0 Å². The lowest BCUT2D eigenvalue weighted by Gasteiger charge is -2.07. The summed E-state index contributed by atoms with van der Waals surface area (Å²) >= 11 is 3.18. The standard InChI is InChI=1S/C12H10BrNO3S/c1-9-4-6-10(7-5-9)18(15,16)17-12-11(13)3-2-8-14-12/h2-8H,1H3. The van der Waals surface area contributed by atoms with Crippen LogP contribution in [0.2, 0.25) is 0 Å². The number of aryl methyl sites for hydroxylation is 1. The first-order valence-corrected chi connectivity index (χ1v) is 7.31. The van der Waals surface area contributed by atoms with Gasteiger partial charge >= 0.3 is 10.1 Å². The molecule has 4 nitrogen and oxygen atoms in total. The fourth-order valence-electron chi connectivity index (χ4n) is 1.29. The number of rotatable bonds is 3. The second-order valence-electron chi connectivity index (χ2n) is 3.64. The number of hydrogen-bond acceptors (Lipinski definition) is 4. The normalized spacial score (nSPS) is 11.2. The smallest absolute Gasteiger partial charge is 0.340 e. The van der Waals surface area contributed by atoms with Crippen LogP contribution in [0.4, 0.5) is 0 Å². The SMILES string of the molecule is Cc1ccc(S(=O)(=O)Oc2ncccc2Br)cc1. The Labute approximate surface area is 114 Å². The molecular weight excluding hydrogens is 318 g/mol. The van der Waals surface area contributed by atoms with Crippen molar-refractivity contribution in [3.05, 3.63) is 52.6 Å². The maximum Gasteiger partial charge on any atom is 0.340 e. The summed E-state index contributed by atoms with van der Waals surface area (Å²) in [6.45, 7) is 1.88. The summed E-state index contributed by atoms with van der Waals surface area (Å²) in [7, 11) is -3.85. The van der Waals surface area contributed by atoms with Gasteiger partial charge in [-0.25, -0.2) is 4.98 Å². The second-order valence-corrected chi connectivity index (χ2v) is 6.04. The van der Waals surface area contributed by atoms with Gasteiger partial charge in [0.15, 0.2) is 0 Å². The van der Waals surface area contributed by atoms with E-state index < -0.39 is 10.1 Å².